The van der Waals surface area contributed by atoms with Gasteiger partial charge in [0.15, 0.2) is 5.52 Å². The number of hydrogen-bond acceptors (Lipinski definition) is 7. The SMILES string of the molecule is [2H]C([2H])([2H])N1CCCC1CCNS(=O)(=O)c1ccc(OCCC)c(-c2nc3c(CC([2H])([2H])C([2H])([2H])[2H])nn(C)c3c(=O)[nH]2)c1. The molecule has 1 aliphatic rings. The van der Waals surface area contributed by atoms with E-state index in [1.54, 1.807) is 0 Å². The molecule has 2 N–H and O–H groups in total. The summed E-state index contributed by atoms with van der Waals surface area (Å²) in [5, 5.41) is 4.17. The summed E-state index contributed by atoms with van der Waals surface area (Å²) in [4.78, 5) is 21.5. The quantitative estimate of drug-likeness (QED) is 0.395. The van der Waals surface area contributed by atoms with Crippen LogP contribution in [0.15, 0.2) is 27.9 Å². The second-order valence-electron chi connectivity index (χ2n) is 8.72. The third kappa shape index (κ3) is 5.47. The molecule has 1 aromatic carbocycles. The minimum Gasteiger partial charge on any atom is -0.493 e. The summed E-state index contributed by atoms with van der Waals surface area (Å²) in [6.45, 7) is -2.62. The molecule has 1 aliphatic heterocycles. The van der Waals surface area contributed by atoms with Gasteiger partial charge in [0, 0.05) is 30.6 Å². The van der Waals surface area contributed by atoms with Gasteiger partial charge < -0.3 is 14.6 Å². The third-order valence-corrected chi connectivity index (χ3v) is 7.60. The van der Waals surface area contributed by atoms with Gasteiger partial charge in [-0.15, -0.1) is 0 Å². The predicted molar refractivity (Wildman–Crippen MR) is 140 cm³/mol. The highest BCUT2D eigenvalue weighted by Gasteiger charge is 2.23. The maximum atomic E-state index is 13.3. The Morgan fingerprint density at radius 1 is 1.39 bits per heavy atom. The topological polar surface area (TPSA) is 122 Å². The summed E-state index contributed by atoms with van der Waals surface area (Å²) >= 11 is 0. The molecule has 10 nitrogen and oxygen atoms in total. The van der Waals surface area contributed by atoms with Gasteiger partial charge >= 0.3 is 0 Å². The van der Waals surface area contributed by atoms with Crippen LogP contribution in [0.5, 0.6) is 5.75 Å². The first-order valence-corrected chi connectivity index (χ1v) is 13.3. The summed E-state index contributed by atoms with van der Waals surface area (Å²) in [5.41, 5.74) is -0.593. The van der Waals surface area contributed by atoms with Crippen molar-refractivity contribution in [1.82, 2.24) is 29.4 Å². The smallest absolute Gasteiger partial charge is 0.277 e. The highest BCUT2D eigenvalue weighted by atomic mass is 32.2. The molecule has 11 heteroatoms. The zero-order valence-electron chi connectivity index (χ0n) is 28.3. The first-order chi connectivity index (χ1) is 20.4. The second kappa shape index (κ2) is 11.1. The van der Waals surface area contributed by atoms with Gasteiger partial charge in [0.05, 0.1) is 22.8 Å². The number of benzene rings is 1. The van der Waals surface area contributed by atoms with Gasteiger partial charge in [0.25, 0.3) is 5.56 Å². The molecule has 4 rings (SSSR count). The van der Waals surface area contributed by atoms with E-state index in [2.05, 4.69) is 19.8 Å². The van der Waals surface area contributed by atoms with E-state index in [0.717, 1.165) is 0 Å². The Morgan fingerprint density at radius 3 is 3.03 bits per heavy atom. The van der Waals surface area contributed by atoms with Crippen molar-refractivity contribution in [2.45, 2.75) is 63.2 Å². The highest BCUT2D eigenvalue weighted by molar-refractivity contribution is 7.89. The number of aromatic nitrogens is 4. The molecule has 1 saturated heterocycles. The summed E-state index contributed by atoms with van der Waals surface area (Å²) < 4.78 is 98.0. The molecule has 3 heterocycles. The van der Waals surface area contributed by atoms with Crippen LogP contribution in [0, 0.1) is 0 Å². The van der Waals surface area contributed by atoms with Gasteiger partial charge in [0.2, 0.25) is 10.0 Å². The van der Waals surface area contributed by atoms with Crippen molar-refractivity contribution in [3.05, 3.63) is 34.2 Å². The maximum absolute atomic E-state index is 13.3. The molecular weight excluding hydrogens is 480 g/mol. The molecule has 0 amide bonds. The monoisotopic (exact) mass is 524 g/mol. The van der Waals surface area contributed by atoms with E-state index in [-0.39, 0.29) is 58.0 Å². The van der Waals surface area contributed by atoms with Crippen molar-refractivity contribution in [2.24, 2.45) is 7.05 Å². The Labute approximate surface area is 223 Å². The number of aryl methyl sites for hydroxylation is 2. The molecule has 1 fully saturated rings. The van der Waals surface area contributed by atoms with Crippen LogP contribution < -0.4 is 15.0 Å². The van der Waals surface area contributed by atoms with Crippen LogP contribution in [0.2, 0.25) is 0 Å². The number of nitrogens with one attached hydrogen (secondary N) is 2. The number of fused-ring (bicyclic) bond motifs is 1. The van der Waals surface area contributed by atoms with Crippen molar-refractivity contribution in [1.29, 1.82) is 0 Å². The van der Waals surface area contributed by atoms with E-state index in [0.29, 0.717) is 32.2 Å². The van der Waals surface area contributed by atoms with Gasteiger partial charge in [-0.25, -0.2) is 18.1 Å². The molecule has 1 atom stereocenters. The van der Waals surface area contributed by atoms with E-state index in [1.165, 1.54) is 34.8 Å². The molecule has 1 unspecified atom stereocenters. The molecule has 36 heavy (non-hydrogen) atoms. The molecule has 0 saturated carbocycles. The molecular formula is C25H36N6O4S. The van der Waals surface area contributed by atoms with Crippen LogP contribution in [0.25, 0.3) is 22.4 Å². The summed E-state index contributed by atoms with van der Waals surface area (Å²) in [5.74, 6) is 0.157. The number of aromatic amines is 1. The molecule has 0 spiro atoms. The van der Waals surface area contributed by atoms with Crippen LogP contribution in [-0.4, -0.2) is 65.8 Å². The summed E-state index contributed by atoms with van der Waals surface area (Å²) in [6.07, 6.45) is -0.995. The Hall–Kier alpha value is -2.76. The average Bonchev–Trinajstić information content (AvgIpc) is 3.51. The summed E-state index contributed by atoms with van der Waals surface area (Å²) in [6, 6.07) is 3.79. The van der Waals surface area contributed by atoms with Crippen LogP contribution in [0.1, 0.15) is 62.5 Å². The molecule has 196 valence electrons. The number of rotatable bonds is 11. The molecule has 0 aliphatic carbocycles. The van der Waals surface area contributed by atoms with E-state index >= 15 is 0 Å². The lowest BCUT2D eigenvalue weighted by molar-refractivity contribution is 0.297. The molecule has 0 bridgehead atoms. The number of hydrogen-bond donors (Lipinski definition) is 2. The van der Waals surface area contributed by atoms with Gasteiger partial charge in [-0.05, 0) is 63.8 Å². The molecule has 0 radical (unpaired) electrons. The van der Waals surface area contributed by atoms with Crippen LogP contribution >= 0.6 is 0 Å². The largest absolute Gasteiger partial charge is 0.493 e. The predicted octanol–water partition coefficient (Wildman–Crippen LogP) is 2.83. The first-order valence-electron chi connectivity index (χ1n) is 15.9. The van der Waals surface area contributed by atoms with E-state index in [1.807, 2.05) is 6.92 Å². The highest BCUT2D eigenvalue weighted by Crippen LogP contribution is 2.31. The van der Waals surface area contributed by atoms with Gasteiger partial charge in [-0.1, -0.05) is 20.1 Å². The number of ether oxygens (including phenoxy) is 1. The lowest BCUT2D eigenvalue weighted by Gasteiger charge is -2.19. The van der Waals surface area contributed by atoms with E-state index in [9.17, 15) is 13.2 Å². The fourth-order valence-corrected chi connectivity index (χ4v) is 5.43. The number of H-pyrrole nitrogens is 1. The van der Waals surface area contributed by atoms with Crippen molar-refractivity contribution >= 4 is 21.1 Å². The Bertz CT molecular complexity index is 1670. The van der Waals surface area contributed by atoms with Crippen LogP contribution in [-0.2, 0) is 23.5 Å². The molecule has 3 aromatic rings. The summed E-state index contributed by atoms with van der Waals surface area (Å²) in [7, 11) is -2.63. The Morgan fingerprint density at radius 2 is 2.25 bits per heavy atom. The van der Waals surface area contributed by atoms with Crippen LogP contribution in [0.3, 0.4) is 0 Å². The minimum absolute atomic E-state index is 0.00851. The van der Waals surface area contributed by atoms with Gasteiger partial charge in [0.1, 0.15) is 17.1 Å². The van der Waals surface area contributed by atoms with Gasteiger partial charge in [-0.3, -0.25) is 9.48 Å². The zero-order chi connectivity index (χ0) is 32.7. The number of nitrogens with zero attached hydrogens (tertiary/aromatic N) is 4. The lowest BCUT2D eigenvalue weighted by Crippen LogP contribution is -2.31. The average molecular weight is 525 g/mol. The fraction of sp³-hybridized carbons (Fsp3) is 0.560. The fourth-order valence-electron chi connectivity index (χ4n) is 4.36. The zero-order valence-corrected chi connectivity index (χ0v) is 21.1. The Kier molecular flexibility index (Phi) is 5.44. The number of likely N-dealkylation sites (tertiary alicyclic amines) is 1. The third-order valence-electron chi connectivity index (χ3n) is 6.14. The second-order valence-corrected chi connectivity index (χ2v) is 10.5. The van der Waals surface area contributed by atoms with Crippen molar-refractivity contribution in [2.75, 3.05) is 26.7 Å². The van der Waals surface area contributed by atoms with E-state index < -0.39 is 42.2 Å². The van der Waals surface area contributed by atoms with Crippen LogP contribution in [0.4, 0.5) is 0 Å². The standard InChI is InChI=1S/C25H36N6O4S/c1-5-8-20-22-23(31(4)29-20)25(32)28-24(27-22)19-16-18(10-11-21(19)35-15-6-2)36(33,34)26-13-12-17-9-7-14-30(17)3/h10-11,16-17,26H,5-9,12-15H2,1-4H3,(H,27,28,32)/i1D3,3D3,5D2. The molecule has 2 aromatic heterocycles. The Balaban J connectivity index is 1.70. The van der Waals surface area contributed by atoms with Crippen molar-refractivity contribution < 1.29 is 24.1 Å². The minimum atomic E-state index is -4.08. The number of sulfonamides is 1. The maximum Gasteiger partial charge on any atom is 0.277 e. The van der Waals surface area contributed by atoms with Crippen molar-refractivity contribution in [3.63, 3.8) is 0 Å². The normalized spacial score (nSPS) is 21.1. The lowest BCUT2D eigenvalue weighted by atomic mass is 10.1. The van der Waals surface area contributed by atoms with Gasteiger partial charge in [-0.2, -0.15) is 5.10 Å². The first kappa shape index (κ1) is 17.7. The van der Waals surface area contributed by atoms with E-state index in [4.69, 9.17) is 15.7 Å². The van der Waals surface area contributed by atoms with Crippen molar-refractivity contribution in [3.8, 4) is 17.1 Å².